The number of hydrogen-bond acceptors (Lipinski definition) is 2. The van der Waals surface area contributed by atoms with Crippen molar-refractivity contribution in [2.24, 2.45) is 5.92 Å². The van der Waals surface area contributed by atoms with Crippen LogP contribution in [0.4, 0.5) is 4.79 Å². The lowest BCUT2D eigenvalue weighted by Crippen LogP contribution is -2.48. The van der Waals surface area contributed by atoms with Gasteiger partial charge in [-0.15, -0.1) is 0 Å². The Morgan fingerprint density at radius 2 is 2.12 bits per heavy atom. The monoisotopic (exact) mass is 242 g/mol. The van der Waals surface area contributed by atoms with Gasteiger partial charge in [-0.1, -0.05) is 13.8 Å². The summed E-state index contributed by atoms with van der Waals surface area (Å²) in [5, 5.41) is 11.5. The van der Waals surface area contributed by atoms with Crippen molar-refractivity contribution >= 4 is 12.0 Å². The number of carbonyl (C=O) groups is 2. The van der Waals surface area contributed by atoms with E-state index in [0.717, 1.165) is 32.4 Å². The third kappa shape index (κ3) is 4.24. The van der Waals surface area contributed by atoms with Gasteiger partial charge in [-0.3, -0.25) is 0 Å². The largest absolute Gasteiger partial charge is 0.480 e. The molecule has 0 spiro atoms. The summed E-state index contributed by atoms with van der Waals surface area (Å²) in [6.07, 6.45) is 3.54. The molecule has 5 nitrogen and oxygen atoms in total. The molecular formula is C12H22N2O3. The van der Waals surface area contributed by atoms with E-state index in [1.54, 1.807) is 11.8 Å². The second kappa shape index (κ2) is 6.47. The first kappa shape index (κ1) is 13.8. The number of nitrogens with zero attached hydrogens (tertiary/aromatic N) is 1. The number of hydrogen-bond donors (Lipinski definition) is 2. The molecule has 0 aromatic heterocycles. The van der Waals surface area contributed by atoms with E-state index in [9.17, 15) is 9.59 Å². The van der Waals surface area contributed by atoms with Crippen molar-refractivity contribution in [3.05, 3.63) is 0 Å². The average Bonchev–Trinajstić information content (AvgIpc) is 2.50. The van der Waals surface area contributed by atoms with Gasteiger partial charge in [-0.25, -0.2) is 9.59 Å². The summed E-state index contributed by atoms with van der Waals surface area (Å²) in [6, 6.07) is -1.02. The Hall–Kier alpha value is -1.26. The lowest BCUT2D eigenvalue weighted by Gasteiger charge is -2.23. The Bertz CT molecular complexity index is 281. The standard InChI is InChI=1S/C12H22N2O3/c1-3-10(11(15)16)13-12(17)14-7-4-5-9(2)6-8-14/h9-10H,3-8H2,1-2H3,(H,13,17)(H,15,16). The van der Waals surface area contributed by atoms with Crippen LogP contribution in [-0.4, -0.2) is 41.1 Å². The van der Waals surface area contributed by atoms with E-state index < -0.39 is 12.0 Å². The maximum Gasteiger partial charge on any atom is 0.326 e. The number of carboxylic acid groups (broad SMARTS) is 1. The maximum atomic E-state index is 11.9. The molecule has 0 aromatic rings. The highest BCUT2D eigenvalue weighted by Crippen LogP contribution is 2.16. The third-order valence-corrected chi connectivity index (χ3v) is 3.31. The van der Waals surface area contributed by atoms with Crippen LogP contribution >= 0.6 is 0 Å². The molecule has 2 N–H and O–H groups in total. The minimum Gasteiger partial charge on any atom is -0.480 e. The van der Waals surface area contributed by atoms with Crippen LogP contribution in [-0.2, 0) is 4.79 Å². The van der Waals surface area contributed by atoms with E-state index in [-0.39, 0.29) is 6.03 Å². The number of amides is 2. The van der Waals surface area contributed by atoms with Crippen LogP contribution < -0.4 is 5.32 Å². The zero-order valence-electron chi connectivity index (χ0n) is 10.6. The molecule has 98 valence electrons. The Labute approximate surface area is 102 Å². The Morgan fingerprint density at radius 3 is 2.71 bits per heavy atom. The summed E-state index contributed by atoms with van der Waals surface area (Å²) >= 11 is 0. The van der Waals surface area contributed by atoms with E-state index in [1.165, 1.54) is 0 Å². The first-order valence-electron chi connectivity index (χ1n) is 6.32. The van der Waals surface area contributed by atoms with Crippen molar-refractivity contribution in [1.82, 2.24) is 10.2 Å². The number of rotatable bonds is 3. The molecule has 1 aliphatic heterocycles. The number of likely N-dealkylation sites (tertiary alicyclic amines) is 1. The summed E-state index contributed by atoms with van der Waals surface area (Å²) in [7, 11) is 0. The Kier molecular flexibility index (Phi) is 5.25. The second-order valence-corrected chi connectivity index (χ2v) is 4.77. The molecule has 0 radical (unpaired) electrons. The van der Waals surface area contributed by atoms with Crippen LogP contribution in [0.5, 0.6) is 0 Å². The third-order valence-electron chi connectivity index (χ3n) is 3.31. The summed E-state index contributed by atoms with van der Waals surface area (Å²) < 4.78 is 0. The van der Waals surface area contributed by atoms with Gasteiger partial charge in [0.15, 0.2) is 0 Å². The second-order valence-electron chi connectivity index (χ2n) is 4.77. The molecule has 1 fully saturated rings. The smallest absolute Gasteiger partial charge is 0.326 e. The topological polar surface area (TPSA) is 69.6 Å². The Morgan fingerprint density at radius 1 is 1.41 bits per heavy atom. The van der Waals surface area contributed by atoms with Crippen molar-refractivity contribution in [1.29, 1.82) is 0 Å². The van der Waals surface area contributed by atoms with E-state index in [0.29, 0.717) is 12.3 Å². The molecule has 0 aromatic carbocycles. The van der Waals surface area contributed by atoms with E-state index in [1.807, 2.05) is 0 Å². The van der Waals surface area contributed by atoms with E-state index in [4.69, 9.17) is 5.11 Å². The lowest BCUT2D eigenvalue weighted by molar-refractivity contribution is -0.139. The van der Waals surface area contributed by atoms with Crippen molar-refractivity contribution in [2.75, 3.05) is 13.1 Å². The SMILES string of the molecule is CCC(NC(=O)N1CCCC(C)CC1)C(=O)O. The van der Waals surface area contributed by atoms with Gasteiger partial charge in [0.25, 0.3) is 0 Å². The molecule has 0 saturated carbocycles. The van der Waals surface area contributed by atoms with Crippen molar-refractivity contribution in [3.8, 4) is 0 Å². The summed E-state index contributed by atoms with van der Waals surface area (Å²) in [5.41, 5.74) is 0. The summed E-state index contributed by atoms with van der Waals surface area (Å²) in [5.74, 6) is -0.321. The van der Waals surface area contributed by atoms with E-state index >= 15 is 0 Å². The van der Waals surface area contributed by atoms with Crippen LogP contribution in [0.25, 0.3) is 0 Å². The van der Waals surface area contributed by atoms with Gasteiger partial charge in [0.05, 0.1) is 0 Å². The van der Waals surface area contributed by atoms with Gasteiger partial charge < -0.3 is 15.3 Å². The molecule has 2 unspecified atom stereocenters. The molecule has 5 heteroatoms. The average molecular weight is 242 g/mol. The van der Waals surface area contributed by atoms with Gasteiger partial charge in [-0.2, -0.15) is 0 Å². The fraction of sp³-hybridized carbons (Fsp3) is 0.833. The Balaban J connectivity index is 2.48. The molecule has 0 aliphatic carbocycles. The van der Waals surface area contributed by atoms with Gasteiger partial charge in [-0.05, 0) is 31.6 Å². The van der Waals surface area contributed by atoms with Crippen molar-refractivity contribution < 1.29 is 14.7 Å². The molecule has 1 saturated heterocycles. The van der Waals surface area contributed by atoms with Gasteiger partial charge >= 0.3 is 12.0 Å². The van der Waals surface area contributed by atoms with Crippen LogP contribution in [0.2, 0.25) is 0 Å². The summed E-state index contributed by atoms with van der Waals surface area (Å²) in [4.78, 5) is 24.4. The van der Waals surface area contributed by atoms with Crippen molar-refractivity contribution in [3.63, 3.8) is 0 Å². The fourth-order valence-corrected chi connectivity index (χ4v) is 2.04. The first-order valence-corrected chi connectivity index (χ1v) is 6.32. The lowest BCUT2D eigenvalue weighted by atomic mass is 10.0. The molecule has 1 aliphatic rings. The minimum atomic E-state index is -0.968. The van der Waals surface area contributed by atoms with Gasteiger partial charge in [0.1, 0.15) is 6.04 Å². The predicted molar refractivity (Wildman–Crippen MR) is 64.8 cm³/mol. The molecule has 17 heavy (non-hydrogen) atoms. The number of nitrogens with one attached hydrogen (secondary N) is 1. The molecule has 2 atom stereocenters. The number of aliphatic carboxylic acids is 1. The zero-order valence-corrected chi connectivity index (χ0v) is 10.6. The predicted octanol–water partition coefficient (Wildman–Crippen LogP) is 1.68. The molecule has 2 amide bonds. The van der Waals surface area contributed by atoms with Gasteiger partial charge in [0, 0.05) is 13.1 Å². The quantitative estimate of drug-likeness (QED) is 0.791. The molecule has 0 bridgehead atoms. The van der Waals surface area contributed by atoms with Crippen LogP contribution in [0, 0.1) is 5.92 Å². The fourth-order valence-electron chi connectivity index (χ4n) is 2.04. The van der Waals surface area contributed by atoms with Gasteiger partial charge in [0.2, 0.25) is 0 Å². The van der Waals surface area contributed by atoms with Crippen LogP contribution in [0.3, 0.4) is 0 Å². The minimum absolute atomic E-state index is 0.242. The van der Waals surface area contributed by atoms with Crippen LogP contribution in [0.1, 0.15) is 39.5 Å². The van der Waals surface area contributed by atoms with E-state index in [2.05, 4.69) is 12.2 Å². The zero-order chi connectivity index (χ0) is 12.8. The van der Waals surface area contributed by atoms with Crippen LogP contribution in [0.15, 0.2) is 0 Å². The number of carbonyl (C=O) groups excluding carboxylic acids is 1. The number of carboxylic acids is 1. The summed E-state index contributed by atoms with van der Waals surface area (Å²) in [6.45, 7) is 5.40. The maximum absolute atomic E-state index is 11.9. The highest BCUT2D eigenvalue weighted by Gasteiger charge is 2.23. The first-order chi connectivity index (χ1) is 8.04. The highest BCUT2D eigenvalue weighted by molar-refractivity contribution is 5.82. The normalized spacial score (nSPS) is 22.7. The van der Waals surface area contributed by atoms with Crippen molar-refractivity contribution in [2.45, 2.75) is 45.6 Å². The number of urea groups is 1. The highest BCUT2D eigenvalue weighted by atomic mass is 16.4. The molecule has 1 rings (SSSR count). The molecular weight excluding hydrogens is 220 g/mol. The molecule has 1 heterocycles.